The Balaban J connectivity index is 2.84. The molecular weight excluding hydrogens is 495 g/mol. The van der Waals surface area contributed by atoms with Crippen LogP contribution in [0.25, 0.3) is 0 Å². The zero-order valence-electron chi connectivity index (χ0n) is 22.7. The van der Waals surface area contributed by atoms with Gasteiger partial charge in [-0.1, -0.05) is 85.9 Å². The summed E-state index contributed by atoms with van der Waals surface area (Å²) < 4.78 is 52.9. The van der Waals surface area contributed by atoms with E-state index in [1.165, 1.54) is 37.3 Å². The first-order valence-electron chi connectivity index (χ1n) is 12.9. The van der Waals surface area contributed by atoms with Gasteiger partial charge in [-0.25, -0.2) is 4.79 Å². The van der Waals surface area contributed by atoms with Crippen LogP contribution in [0.15, 0.2) is 78.9 Å². The van der Waals surface area contributed by atoms with E-state index >= 15 is 0 Å². The third-order valence-electron chi connectivity index (χ3n) is 5.76. The Morgan fingerprint density at radius 3 is 1.92 bits per heavy atom. The lowest BCUT2D eigenvalue weighted by molar-refractivity contribution is -0.278. The van der Waals surface area contributed by atoms with Crippen LogP contribution < -0.4 is 5.32 Å². The molecule has 0 aromatic heterocycles. The Labute approximate surface area is 224 Å². The van der Waals surface area contributed by atoms with E-state index in [0.717, 1.165) is 26.4 Å². The Hall–Kier alpha value is -3.13. The Morgan fingerprint density at radius 1 is 0.921 bits per heavy atom. The predicted octanol–water partition coefficient (Wildman–Crippen LogP) is 7.11. The van der Waals surface area contributed by atoms with Gasteiger partial charge in [0.2, 0.25) is 5.91 Å². The molecule has 0 heterocycles. The maximum absolute atomic E-state index is 14.2. The summed E-state index contributed by atoms with van der Waals surface area (Å²) in [5.74, 6) is -1.96. The van der Waals surface area contributed by atoms with Crippen molar-refractivity contribution in [2.45, 2.75) is 83.2 Å². The van der Waals surface area contributed by atoms with Crippen LogP contribution in [0.4, 0.5) is 13.2 Å². The monoisotopic (exact) mass is 535 g/mol. The van der Waals surface area contributed by atoms with E-state index in [9.17, 15) is 22.8 Å². The summed E-state index contributed by atoms with van der Waals surface area (Å²) in [5.41, 5.74) is -3.67. The summed E-state index contributed by atoms with van der Waals surface area (Å²) in [7, 11) is 0.823. The van der Waals surface area contributed by atoms with Gasteiger partial charge in [-0.2, -0.15) is 13.2 Å². The van der Waals surface area contributed by atoms with Crippen molar-refractivity contribution in [3.8, 4) is 0 Å². The average Bonchev–Trinajstić information content (AvgIpc) is 2.86. The summed E-state index contributed by atoms with van der Waals surface area (Å²) in [4.78, 5) is 24.6. The third-order valence-corrected chi connectivity index (χ3v) is 5.76. The fraction of sp³-hybridized carbons (Fsp3) is 0.467. The molecule has 5 nitrogen and oxygen atoms in total. The Morgan fingerprint density at radius 2 is 1.45 bits per heavy atom. The van der Waals surface area contributed by atoms with E-state index in [1.807, 2.05) is 18.2 Å². The lowest BCUT2D eigenvalue weighted by atomic mass is 9.92. The molecule has 0 radical (unpaired) electrons. The van der Waals surface area contributed by atoms with Crippen LogP contribution in [0.3, 0.4) is 0 Å². The molecule has 210 valence electrons. The minimum absolute atomic E-state index is 0.216. The molecule has 0 aliphatic rings. The number of alkyl halides is 3. The van der Waals surface area contributed by atoms with Crippen LogP contribution in [0.2, 0.25) is 0 Å². The molecule has 0 fully saturated rings. The molecule has 1 aromatic carbocycles. The molecule has 0 aliphatic heterocycles. The van der Waals surface area contributed by atoms with Gasteiger partial charge in [0.05, 0.1) is 6.04 Å². The van der Waals surface area contributed by atoms with Gasteiger partial charge in [0, 0.05) is 19.6 Å². The van der Waals surface area contributed by atoms with Crippen molar-refractivity contribution in [2.75, 3.05) is 7.11 Å². The fourth-order valence-corrected chi connectivity index (χ4v) is 3.79. The van der Waals surface area contributed by atoms with E-state index in [0.29, 0.717) is 12.8 Å². The standard InChI is InChI=1S/C30H40F3NO4/c1-5-6-7-8-9-10-11-12-13-14-15-16-20-23-27(24(2)34-25(3)35)38-28(36)29(37-4,30(31,32)33)26-21-18-17-19-22-26/h6-7,9-10,12-13,15-19,21-22,24,27H,5,8,11,14,20,23H2,1-4H3,(H,34,35)/b7-6-,10-9-,13-12-,16-15-/t24-,27+,29-/m0/s1. The zero-order chi connectivity index (χ0) is 28.4. The molecule has 1 amide bonds. The quantitative estimate of drug-likeness (QED) is 0.181. The Bertz CT molecular complexity index is 954. The maximum Gasteiger partial charge on any atom is 0.432 e. The van der Waals surface area contributed by atoms with Gasteiger partial charge in [0.25, 0.3) is 5.60 Å². The molecule has 0 saturated heterocycles. The van der Waals surface area contributed by atoms with Crippen molar-refractivity contribution < 1.29 is 32.2 Å². The van der Waals surface area contributed by atoms with Crippen LogP contribution >= 0.6 is 0 Å². The van der Waals surface area contributed by atoms with Gasteiger partial charge in [-0.3, -0.25) is 4.79 Å². The first kappa shape index (κ1) is 32.9. The molecule has 8 heteroatoms. The summed E-state index contributed by atoms with van der Waals surface area (Å²) >= 11 is 0. The SMILES string of the molecule is CC/C=C\C/C=C\C/C=C\C/C=C\CC[C@@H](OC(=O)[C@@](OC)(c1ccccc1)C(F)(F)F)[C@H](C)NC(C)=O. The lowest BCUT2D eigenvalue weighted by Gasteiger charge is -2.35. The maximum atomic E-state index is 14.2. The van der Waals surface area contributed by atoms with Crippen molar-refractivity contribution in [1.82, 2.24) is 5.32 Å². The highest BCUT2D eigenvalue weighted by atomic mass is 19.4. The van der Waals surface area contributed by atoms with Gasteiger partial charge in [0.15, 0.2) is 0 Å². The van der Waals surface area contributed by atoms with Crippen molar-refractivity contribution in [3.05, 3.63) is 84.5 Å². The number of esters is 1. The van der Waals surface area contributed by atoms with Crippen LogP contribution in [-0.4, -0.2) is 37.3 Å². The molecule has 1 rings (SSSR count). The molecule has 0 saturated carbocycles. The predicted molar refractivity (Wildman–Crippen MR) is 144 cm³/mol. The highest BCUT2D eigenvalue weighted by molar-refractivity contribution is 5.83. The second-order valence-electron chi connectivity index (χ2n) is 8.76. The molecule has 1 N–H and O–H groups in total. The van der Waals surface area contributed by atoms with Gasteiger partial charge < -0.3 is 14.8 Å². The average molecular weight is 536 g/mol. The van der Waals surface area contributed by atoms with Crippen molar-refractivity contribution in [1.29, 1.82) is 0 Å². The first-order valence-corrected chi connectivity index (χ1v) is 12.9. The number of hydrogen-bond acceptors (Lipinski definition) is 4. The van der Waals surface area contributed by atoms with Crippen molar-refractivity contribution in [2.24, 2.45) is 0 Å². The summed E-state index contributed by atoms with van der Waals surface area (Å²) in [6, 6.07) is 5.94. The van der Waals surface area contributed by atoms with E-state index in [2.05, 4.69) is 42.6 Å². The van der Waals surface area contributed by atoms with Crippen molar-refractivity contribution >= 4 is 11.9 Å². The molecule has 3 atom stereocenters. The minimum atomic E-state index is -5.07. The van der Waals surface area contributed by atoms with Crippen LogP contribution in [-0.2, 0) is 24.7 Å². The summed E-state index contributed by atoms with van der Waals surface area (Å²) in [6.07, 6.45) is 14.4. The number of halogens is 3. The van der Waals surface area contributed by atoms with Gasteiger partial charge >= 0.3 is 12.1 Å². The minimum Gasteiger partial charge on any atom is -0.458 e. The molecular formula is C30H40F3NO4. The molecule has 0 spiro atoms. The number of hydrogen-bond donors (Lipinski definition) is 1. The van der Waals surface area contributed by atoms with Gasteiger partial charge in [0.1, 0.15) is 6.10 Å². The number of carbonyl (C=O) groups excluding carboxylic acids is 2. The third kappa shape index (κ3) is 10.7. The fourth-order valence-electron chi connectivity index (χ4n) is 3.79. The number of ether oxygens (including phenoxy) is 2. The van der Waals surface area contributed by atoms with Gasteiger partial charge in [-0.15, -0.1) is 0 Å². The van der Waals surface area contributed by atoms with Crippen LogP contribution in [0.1, 0.15) is 64.9 Å². The zero-order valence-corrected chi connectivity index (χ0v) is 22.7. The summed E-state index contributed by atoms with van der Waals surface area (Å²) in [5, 5.41) is 2.61. The van der Waals surface area contributed by atoms with Crippen molar-refractivity contribution in [3.63, 3.8) is 0 Å². The number of amides is 1. The van der Waals surface area contributed by atoms with E-state index in [1.54, 1.807) is 6.92 Å². The summed E-state index contributed by atoms with van der Waals surface area (Å²) in [6.45, 7) is 4.97. The molecule has 0 bridgehead atoms. The number of carbonyl (C=O) groups is 2. The molecule has 0 aliphatic carbocycles. The first-order chi connectivity index (χ1) is 18.1. The number of rotatable bonds is 16. The number of methoxy groups -OCH3 is 1. The second-order valence-corrected chi connectivity index (χ2v) is 8.76. The number of allylic oxidation sites excluding steroid dienone is 8. The smallest absolute Gasteiger partial charge is 0.432 e. The molecule has 1 aromatic rings. The normalized spacial score (nSPS) is 15.8. The van der Waals surface area contributed by atoms with E-state index in [-0.39, 0.29) is 17.9 Å². The lowest BCUT2D eigenvalue weighted by Crippen LogP contribution is -2.54. The highest BCUT2D eigenvalue weighted by Gasteiger charge is 2.64. The highest BCUT2D eigenvalue weighted by Crippen LogP contribution is 2.43. The van der Waals surface area contributed by atoms with Gasteiger partial charge in [-0.05, 0) is 45.4 Å². The van der Waals surface area contributed by atoms with E-state index < -0.39 is 29.9 Å². The largest absolute Gasteiger partial charge is 0.458 e. The number of benzene rings is 1. The molecule has 0 unspecified atom stereocenters. The topological polar surface area (TPSA) is 64.6 Å². The Kier molecular flexibility index (Phi) is 15.1. The number of nitrogens with one attached hydrogen (secondary N) is 1. The van der Waals surface area contributed by atoms with Crippen LogP contribution in [0, 0.1) is 0 Å². The van der Waals surface area contributed by atoms with Crippen LogP contribution in [0.5, 0.6) is 0 Å². The van der Waals surface area contributed by atoms with E-state index in [4.69, 9.17) is 9.47 Å². The molecule has 38 heavy (non-hydrogen) atoms. The second kappa shape index (κ2) is 17.4.